The van der Waals surface area contributed by atoms with Gasteiger partial charge >= 0.3 is 0 Å². The number of rotatable bonds is 1. The van der Waals surface area contributed by atoms with Crippen LogP contribution in [0.1, 0.15) is 19.8 Å². The predicted octanol–water partition coefficient (Wildman–Crippen LogP) is 4.47. The fraction of sp³-hybridized carbons (Fsp3) is 0.600. The van der Waals surface area contributed by atoms with Crippen LogP contribution >= 0.6 is 39.1 Å². The molecular formula is C10H13BrCl2. The monoisotopic (exact) mass is 282 g/mol. The smallest absolute Gasteiger partial charge is 0.0580 e. The van der Waals surface area contributed by atoms with Crippen LogP contribution in [0.2, 0.25) is 0 Å². The van der Waals surface area contributed by atoms with Crippen molar-refractivity contribution in [1.29, 1.82) is 0 Å². The van der Waals surface area contributed by atoms with Gasteiger partial charge in [-0.3, -0.25) is 0 Å². The Morgan fingerprint density at radius 1 is 1.69 bits per heavy atom. The van der Waals surface area contributed by atoms with E-state index in [0.29, 0.717) is 10.7 Å². The van der Waals surface area contributed by atoms with Gasteiger partial charge in [0.05, 0.1) is 4.87 Å². The van der Waals surface area contributed by atoms with Gasteiger partial charge in [0.15, 0.2) is 0 Å². The van der Waals surface area contributed by atoms with Gasteiger partial charge < -0.3 is 0 Å². The fourth-order valence-electron chi connectivity index (χ4n) is 1.62. The first kappa shape index (κ1) is 11.6. The van der Waals surface area contributed by atoms with Crippen molar-refractivity contribution >= 4 is 39.1 Å². The van der Waals surface area contributed by atoms with Gasteiger partial charge in [0.25, 0.3) is 0 Å². The van der Waals surface area contributed by atoms with Gasteiger partial charge in [0.2, 0.25) is 0 Å². The third kappa shape index (κ3) is 2.74. The molecule has 0 heterocycles. The first-order valence-corrected chi connectivity index (χ1v) is 5.98. The van der Waals surface area contributed by atoms with Crippen LogP contribution in [0.15, 0.2) is 23.8 Å². The Balaban J connectivity index is 2.73. The SMILES string of the molecule is C=C1CC(C)(Cl)C(Br)CC1/C=C/Cl. The maximum Gasteiger partial charge on any atom is 0.0580 e. The zero-order valence-electron chi connectivity index (χ0n) is 7.56. The molecule has 0 aliphatic heterocycles. The third-order valence-corrected chi connectivity index (χ3v) is 4.71. The molecule has 1 saturated carbocycles. The molecule has 13 heavy (non-hydrogen) atoms. The highest BCUT2D eigenvalue weighted by molar-refractivity contribution is 9.09. The highest BCUT2D eigenvalue weighted by Gasteiger charge is 2.37. The van der Waals surface area contributed by atoms with Crippen molar-refractivity contribution in [3.8, 4) is 0 Å². The van der Waals surface area contributed by atoms with Crippen molar-refractivity contribution in [2.24, 2.45) is 5.92 Å². The van der Waals surface area contributed by atoms with Gasteiger partial charge in [-0.1, -0.05) is 45.8 Å². The molecular weight excluding hydrogens is 271 g/mol. The molecule has 0 nitrogen and oxygen atoms in total. The molecule has 1 aliphatic rings. The molecule has 3 atom stereocenters. The molecule has 0 aromatic heterocycles. The molecule has 3 heteroatoms. The molecule has 74 valence electrons. The van der Waals surface area contributed by atoms with Crippen molar-refractivity contribution in [1.82, 2.24) is 0 Å². The highest BCUT2D eigenvalue weighted by Crippen LogP contribution is 2.43. The Hall–Kier alpha value is 0.540. The molecule has 0 saturated heterocycles. The molecule has 0 aromatic carbocycles. The minimum Gasteiger partial charge on any atom is -0.118 e. The number of allylic oxidation sites excluding steroid dienone is 2. The highest BCUT2D eigenvalue weighted by atomic mass is 79.9. The van der Waals surface area contributed by atoms with Crippen LogP contribution in [0.4, 0.5) is 0 Å². The van der Waals surface area contributed by atoms with Gasteiger partial charge in [-0.05, 0) is 25.7 Å². The fourth-order valence-corrected chi connectivity index (χ4v) is 2.62. The molecule has 1 rings (SSSR count). The molecule has 0 radical (unpaired) electrons. The maximum atomic E-state index is 6.32. The van der Waals surface area contributed by atoms with Crippen LogP contribution in [0, 0.1) is 5.92 Å². The predicted molar refractivity (Wildman–Crippen MR) is 63.8 cm³/mol. The van der Waals surface area contributed by atoms with E-state index in [-0.39, 0.29) is 4.87 Å². The van der Waals surface area contributed by atoms with E-state index in [2.05, 4.69) is 22.5 Å². The van der Waals surface area contributed by atoms with Crippen LogP contribution in [0.5, 0.6) is 0 Å². The Bertz CT molecular complexity index is 233. The Kier molecular flexibility index (Phi) is 3.91. The first-order valence-electron chi connectivity index (χ1n) is 4.25. The van der Waals surface area contributed by atoms with Crippen LogP contribution in [0.25, 0.3) is 0 Å². The minimum absolute atomic E-state index is 0.201. The number of hydrogen-bond donors (Lipinski definition) is 0. The van der Waals surface area contributed by atoms with Gasteiger partial charge in [-0.2, -0.15) is 0 Å². The van der Waals surface area contributed by atoms with Crippen LogP contribution in [0.3, 0.4) is 0 Å². The maximum absolute atomic E-state index is 6.32. The van der Waals surface area contributed by atoms with Crippen molar-refractivity contribution in [2.75, 3.05) is 0 Å². The van der Waals surface area contributed by atoms with E-state index < -0.39 is 0 Å². The molecule has 0 bridgehead atoms. The molecule has 3 unspecified atom stereocenters. The van der Waals surface area contributed by atoms with E-state index in [1.54, 1.807) is 5.54 Å². The number of hydrogen-bond acceptors (Lipinski definition) is 0. The summed E-state index contributed by atoms with van der Waals surface area (Å²) in [6.07, 6.45) is 3.79. The molecule has 0 N–H and O–H groups in total. The summed E-state index contributed by atoms with van der Waals surface area (Å²) in [5.41, 5.74) is 2.73. The zero-order chi connectivity index (χ0) is 10.1. The van der Waals surface area contributed by atoms with E-state index >= 15 is 0 Å². The molecule has 0 spiro atoms. The lowest BCUT2D eigenvalue weighted by molar-refractivity contribution is 0.456. The second-order valence-corrected chi connectivity index (χ2v) is 5.96. The van der Waals surface area contributed by atoms with Crippen molar-refractivity contribution in [3.05, 3.63) is 23.8 Å². The van der Waals surface area contributed by atoms with Gasteiger partial charge in [0, 0.05) is 10.4 Å². The van der Waals surface area contributed by atoms with Crippen molar-refractivity contribution in [3.63, 3.8) is 0 Å². The van der Waals surface area contributed by atoms with Crippen molar-refractivity contribution in [2.45, 2.75) is 29.5 Å². The Morgan fingerprint density at radius 3 is 2.85 bits per heavy atom. The normalized spacial score (nSPS) is 41.4. The second kappa shape index (κ2) is 4.37. The summed E-state index contributed by atoms with van der Waals surface area (Å²) < 4.78 is 0. The van der Waals surface area contributed by atoms with E-state index in [9.17, 15) is 0 Å². The van der Waals surface area contributed by atoms with E-state index in [4.69, 9.17) is 23.2 Å². The molecule has 1 fully saturated rings. The summed E-state index contributed by atoms with van der Waals surface area (Å²) in [7, 11) is 0. The van der Waals surface area contributed by atoms with Gasteiger partial charge in [-0.25, -0.2) is 0 Å². The lowest BCUT2D eigenvalue weighted by atomic mass is 9.79. The first-order chi connectivity index (χ1) is 5.97. The largest absolute Gasteiger partial charge is 0.118 e. The lowest BCUT2D eigenvalue weighted by Crippen LogP contribution is -2.36. The zero-order valence-corrected chi connectivity index (χ0v) is 10.7. The third-order valence-electron chi connectivity index (χ3n) is 2.52. The summed E-state index contributed by atoms with van der Waals surface area (Å²) in [5, 5.41) is 0. The van der Waals surface area contributed by atoms with Gasteiger partial charge in [0.1, 0.15) is 0 Å². The number of alkyl halides is 2. The summed E-state index contributed by atoms with van der Waals surface area (Å²) >= 11 is 15.5. The lowest BCUT2D eigenvalue weighted by Gasteiger charge is -2.37. The van der Waals surface area contributed by atoms with Crippen LogP contribution < -0.4 is 0 Å². The second-order valence-electron chi connectivity index (χ2n) is 3.74. The molecule has 0 aromatic rings. The van der Waals surface area contributed by atoms with Gasteiger partial charge in [-0.15, -0.1) is 11.6 Å². The molecule has 0 amide bonds. The van der Waals surface area contributed by atoms with E-state index in [1.807, 2.05) is 13.0 Å². The van der Waals surface area contributed by atoms with Crippen molar-refractivity contribution < 1.29 is 0 Å². The Labute approximate surface area is 98.1 Å². The van der Waals surface area contributed by atoms with Crippen LogP contribution in [-0.2, 0) is 0 Å². The summed E-state index contributed by atoms with van der Waals surface area (Å²) in [5.74, 6) is 0.369. The average molecular weight is 284 g/mol. The standard InChI is InChI=1S/C10H13BrCl2/c1-7-6-10(2,13)9(11)5-8(7)3-4-12/h3-4,8-9H,1,5-6H2,2H3/b4-3+. The summed E-state index contributed by atoms with van der Waals surface area (Å²) in [6.45, 7) is 6.07. The Morgan fingerprint density at radius 2 is 2.31 bits per heavy atom. The summed E-state index contributed by atoms with van der Waals surface area (Å²) in [6, 6.07) is 0. The topological polar surface area (TPSA) is 0 Å². The minimum atomic E-state index is -0.201. The quantitative estimate of drug-likeness (QED) is 0.492. The summed E-state index contributed by atoms with van der Waals surface area (Å²) in [4.78, 5) is 0.123. The van der Waals surface area contributed by atoms with Crippen LogP contribution in [-0.4, -0.2) is 9.70 Å². The number of halogens is 3. The molecule has 1 aliphatic carbocycles. The van der Waals surface area contributed by atoms with E-state index in [0.717, 1.165) is 12.8 Å². The average Bonchev–Trinajstić information content (AvgIpc) is 2.00. The van der Waals surface area contributed by atoms with E-state index in [1.165, 1.54) is 5.57 Å².